The van der Waals surface area contributed by atoms with Crippen molar-refractivity contribution in [2.75, 3.05) is 24.8 Å². The molecule has 3 rings (SSSR count). The highest BCUT2D eigenvalue weighted by Crippen LogP contribution is 2.20. The number of nitrogens with two attached hydrogens (primary N) is 2. The summed E-state index contributed by atoms with van der Waals surface area (Å²) in [5.74, 6) is -0.618. The first kappa shape index (κ1) is 18.3. The van der Waals surface area contributed by atoms with Gasteiger partial charge in [-0.05, 0) is 30.7 Å². The predicted octanol–water partition coefficient (Wildman–Crippen LogP) is 1.40. The molecule has 2 aromatic heterocycles. The van der Waals surface area contributed by atoms with Crippen molar-refractivity contribution in [3.8, 4) is 0 Å². The van der Waals surface area contributed by atoms with E-state index in [1.54, 1.807) is 42.0 Å². The van der Waals surface area contributed by atoms with Crippen molar-refractivity contribution in [3.05, 3.63) is 47.7 Å². The molecule has 9 nitrogen and oxygen atoms in total. The first-order valence-electron chi connectivity index (χ1n) is 8.31. The van der Waals surface area contributed by atoms with Gasteiger partial charge in [-0.25, -0.2) is 9.97 Å². The van der Waals surface area contributed by atoms with Crippen LogP contribution in [0, 0.1) is 0 Å². The maximum atomic E-state index is 12.6. The number of hydrogen-bond acceptors (Lipinski definition) is 6. The fourth-order valence-corrected chi connectivity index (χ4v) is 2.67. The molecule has 5 N–H and O–H groups in total. The third kappa shape index (κ3) is 4.04. The van der Waals surface area contributed by atoms with Gasteiger partial charge in [-0.1, -0.05) is 6.07 Å². The fraction of sp³-hybridized carbons (Fsp3) is 0.222. The molecule has 0 aliphatic heterocycles. The summed E-state index contributed by atoms with van der Waals surface area (Å²) < 4.78 is 6.86. The zero-order valence-electron chi connectivity index (χ0n) is 14.8. The summed E-state index contributed by atoms with van der Waals surface area (Å²) in [6, 6.07) is 8.19. The zero-order valence-corrected chi connectivity index (χ0v) is 14.8. The van der Waals surface area contributed by atoms with Gasteiger partial charge in [0.2, 0.25) is 11.9 Å². The lowest BCUT2D eigenvalue weighted by Crippen LogP contribution is -2.17. The van der Waals surface area contributed by atoms with Crippen LogP contribution in [0.2, 0.25) is 0 Å². The topological polar surface area (TPSA) is 138 Å². The van der Waals surface area contributed by atoms with Crippen molar-refractivity contribution in [2.24, 2.45) is 5.73 Å². The summed E-state index contributed by atoms with van der Waals surface area (Å²) in [6.07, 6.45) is 2.09. The number of aryl methyl sites for hydroxylation is 1. The Morgan fingerprint density at radius 1 is 1.26 bits per heavy atom. The second-order valence-corrected chi connectivity index (χ2v) is 5.94. The molecule has 0 unspecified atom stereocenters. The van der Waals surface area contributed by atoms with E-state index in [4.69, 9.17) is 16.2 Å². The third-order valence-electron chi connectivity index (χ3n) is 3.97. The van der Waals surface area contributed by atoms with E-state index in [9.17, 15) is 9.59 Å². The Hall–Kier alpha value is -3.46. The predicted molar refractivity (Wildman–Crippen MR) is 101 cm³/mol. The third-order valence-corrected chi connectivity index (χ3v) is 3.97. The Labute approximate surface area is 155 Å². The van der Waals surface area contributed by atoms with Gasteiger partial charge in [-0.15, -0.1) is 0 Å². The molecule has 0 saturated heterocycles. The minimum absolute atomic E-state index is 0.248. The van der Waals surface area contributed by atoms with Crippen molar-refractivity contribution < 1.29 is 14.3 Å². The van der Waals surface area contributed by atoms with Gasteiger partial charge in [0.15, 0.2) is 5.65 Å². The first-order chi connectivity index (χ1) is 13.0. The summed E-state index contributed by atoms with van der Waals surface area (Å²) >= 11 is 0. The van der Waals surface area contributed by atoms with E-state index in [0.717, 1.165) is 0 Å². The van der Waals surface area contributed by atoms with Crippen LogP contribution in [0.5, 0.6) is 0 Å². The summed E-state index contributed by atoms with van der Waals surface area (Å²) in [6.45, 7) is 1.07. The highest BCUT2D eigenvalue weighted by Gasteiger charge is 2.17. The maximum absolute atomic E-state index is 12.6. The molecule has 0 aliphatic carbocycles. The van der Waals surface area contributed by atoms with Crippen LogP contribution in [0.4, 0.5) is 11.6 Å². The molecule has 27 heavy (non-hydrogen) atoms. The molecule has 0 atom stereocenters. The fourth-order valence-electron chi connectivity index (χ4n) is 2.67. The molecule has 0 radical (unpaired) electrons. The second kappa shape index (κ2) is 7.83. The van der Waals surface area contributed by atoms with E-state index < -0.39 is 5.91 Å². The van der Waals surface area contributed by atoms with Crippen LogP contribution in [0.25, 0.3) is 11.2 Å². The number of aromatic nitrogens is 3. The van der Waals surface area contributed by atoms with E-state index in [-0.39, 0.29) is 11.5 Å². The number of primary amides is 1. The molecule has 2 heterocycles. The van der Waals surface area contributed by atoms with Crippen LogP contribution in [0.15, 0.2) is 36.5 Å². The van der Waals surface area contributed by atoms with Gasteiger partial charge in [0.1, 0.15) is 5.52 Å². The highest BCUT2D eigenvalue weighted by molar-refractivity contribution is 6.04. The second-order valence-electron chi connectivity index (χ2n) is 5.94. The van der Waals surface area contributed by atoms with Gasteiger partial charge in [0.25, 0.3) is 5.91 Å². The van der Waals surface area contributed by atoms with E-state index in [1.807, 2.05) is 0 Å². The van der Waals surface area contributed by atoms with E-state index in [0.29, 0.717) is 47.9 Å². The number of anilines is 2. The molecule has 0 saturated carbocycles. The number of imidazole rings is 1. The Morgan fingerprint density at radius 2 is 2.07 bits per heavy atom. The van der Waals surface area contributed by atoms with Gasteiger partial charge in [-0.2, -0.15) is 0 Å². The van der Waals surface area contributed by atoms with Crippen molar-refractivity contribution >= 4 is 34.6 Å². The smallest absolute Gasteiger partial charge is 0.258 e. The summed E-state index contributed by atoms with van der Waals surface area (Å²) in [7, 11) is 1.62. The van der Waals surface area contributed by atoms with E-state index in [1.165, 1.54) is 6.20 Å². The van der Waals surface area contributed by atoms with Gasteiger partial charge in [0, 0.05) is 37.7 Å². The monoisotopic (exact) mass is 368 g/mol. The highest BCUT2D eigenvalue weighted by atomic mass is 16.5. The molecule has 9 heteroatoms. The number of hydrogen-bond donors (Lipinski definition) is 3. The van der Waals surface area contributed by atoms with E-state index in [2.05, 4.69) is 15.3 Å². The molecular formula is C18H20N6O3. The number of rotatable bonds is 7. The van der Waals surface area contributed by atoms with Gasteiger partial charge in [0.05, 0.1) is 5.56 Å². The number of ether oxygens (including phenoxy) is 1. The Bertz CT molecular complexity index is 998. The molecule has 140 valence electrons. The molecule has 2 amide bonds. The number of pyridine rings is 1. The molecule has 0 fully saturated rings. The molecule has 0 bridgehead atoms. The lowest BCUT2D eigenvalue weighted by molar-refractivity contribution is 0.0997. The van der Waals surface area contributed by atoms with Crippen LogP contribution >= 0.6 is 0 Å². The number of nitrogens with zero attached hydrogens (tertiary/aromatic N) is 3. The van der Waals surface area contributed by atoms with Gasteiger partial charge < -0.3 is 16.2 Å². The van der Waals surface area contributed by atoms with Crippen molar-refractivity contribution in [1.82, 2.24) is 14.5 Å². The van der Waals surface area contributed by atoms with Crippen LogP contribution < -0.4 is 16.8 Å². The maximum Gasteiger partial charge on any atom is 0.258 e. The number of carbonyl (C=O) groups excluding carboxylic acids is 2. The average molecular weight is 368 g/mol. The number of methoxy groups -OCH3 is 1. The summed E-state index contributed by atoms with van der Waals surface area (Å²) in [5.41, 5.74) is 13.2. The number of benzene rings is 1. The molecule has 1 aromatic carbocycles. The largest absolute Gasteiger partial charge is 0.399 e. The Morgan fingerprint density at radius 3 is 2.78 bits per heavy atom. The number of amides is 2. The SMILES string of the molecule is COCCCn1c(NC(=O)c2cccc(N)c2)nc2cc(C(N)=O)cnc21. The molecule has 0 spiro atoms. The molecular weight excluding hydrogens is 348 g/mol. The Kier molecular flexibility index (Phi) is 5.32. The number of nitrogens with one attached hydrogen (secondary N) is 1. The quantitative estimate of drug-likeness (QED) is 0.426. The summed E-state index contributed by atoms with van der Waals surface area (Å²) in [4.78, 5) is 32.6. The lowest BCUT2D eigenvalue weighted by atomic mass is 10.2. The van der Waals surface area contributed by atoms with Crippen LogP contribution in [-0.2, 0) is 11.3 Å². The zero-order chi connectivity index (χ0) is 19.4. The minimum atomic E-state index is -0.594. The minimum Gasteiger partial charge on any atom is -0.399 e. The average Bonchev–Trinajstić information content (AvgIpc) is 2.98. The first-order valence-corrected chi connectivity index (χ1v) is 8.31. The van der Waals surface area contributed by atoms with Crippen LogP contribution in [0.3, 0.4) is 0 Å². The lowest BCUT2D eigenvalue weighted by Gasteiger charge is -2.09. The van der Waals surface area contributed by atoms with Crippen molar-refractivity contribution in [3.63, 3.8) is 0 Å². The molecule has 0 aliphatic rings. The van der Waals surface area contributed by atoms with Crippen molar-refractivity contribution in [2.45, 2.75) is 13.0 Å². The number of nitrogen functional groups attached to an aromatic ring is 1. The van der Waals surface area contributed by atoms with Crippen LogP contribution in [-0.4, -0.2) is 40.1 Å². The Balaban J connectivity index is 1.97. The summed E-state index contributed by atoms with van der Waals surface area (Å²) in [5, 5.41) is 2.78. The van der Waals surface area contributed by atoms with Crippen LogP contribution in [0.1, 0.15) is 27.1 Å². The van der Waals surface area contributed by atoms with Crippen molar-refractivity contribution in [1.29, 1.82) is 0 Å². The molecule has 3 aromatic rings. The number of fused-ring (bicyclic) bond motifs is 1. The normalized spacial score (nSPS) is 10.9. The van der Waals surface area contributed by atoms with Gasteiger partial charge in [-0.3, -0.25) is 19.5 Å². The number of carbonyl (C=O) groups is 2. The van der Waals surface area contributed by atoms with E-state index >= 15 is 0 Å². The standard InChI is InChI=1S/C18H20N6O3/c1-27-7-3-6-24-16-14(9-12(10-21-16)15(20)25)22-18(24)23-17(26)11-4-2-5-13(19)8-11/h2,4-5,8-10H,3,6-7,19H2,1H3,(H2,20,25)(H,22,23,26). The van der Waals surface area contributed by atoms with Gasteiger partial charge >= 0.3 is 0 Å².